The molecule has 0 saturated heterocycles. The van der Waals surface area contributed by atoms with Crippen molar-refractivity contribution in [3.63, 3.8) is 0 Å². The Balaban J connectivity index is 3.43. The highest BCUT2D eigenvalue weighted by Gasteiger charge is 2.17. The summed E-state index contributed by atoms with van der Waals surface area (Å²) < 4.78 is 1.74. The van der Waals surface area contributed by atoms with E-state index >= 15 is 0 Å². The Morgan fingerprint density at radius 1 is 1.29 bits per heavy atom. The maximum Gasteiger partial charge on any atom is 0.250 e. The van der Waals surface area contributed by atoms with Gasteiger partial charge in [-0.1, -0.05) is 27.7 Å². The van der Waals surface area contributed by atoms with Gasteiger partial charge in [-0.05, 0) is 18.1 Å². The first-order chi connectivity index (χ1) is 6.36. The maximum absolute atomic E-state index is 11.6. The van der Waals surface area contributed by atoms with Crippen molar-refractivity contribution in [2.45, 2.75) is 39.5 Å². The van der Waals surface area contributed by atoms with Crippen LogP contribution in [0.15, 0.2) is 16.9 Å². The van der Waals surface area contributed by atoms with Crippen LogP contribution in [0.4, 0.5) is 0 Å². The van der Waals surface area contributed by atoms with Gasteiger partial charge in [-0.3, -0.25) is 4.79 Å². The fourth-order valence-electron chi connectivity index (χ4n) is 1.61. The molecule has 78 valence electrons. The Morgan fingerprint density at radius 3 is 2.29 bits per heavy atom. The van der Waals surface area contributed by atoms with E-state index in [1.165, 1.54) is 0 Å². The van der Waals surface area contributed by atoms with Crippen molar-refractivity contribution in [3.8, 4) is 0 Å². The summed E-state index contributed by atoms with van der Waals surface area (Å²) in [7, 11) is 1.84. The highest BCUT2D eigenvalue weighted by molar-refractivity contribution is 5.22. The van der Waals surface area contributed by atoms with E-state index in [1.54, 1.807) is 10.6 Å². The summed E-state index contributed by atoms with van der Waals surface area (Å²) in [4.78, 5) is 11.6. The molecule has 1 rings (SSSR count). The van der Waals surface area contributed by atoms with E-state index in [9.17, 15) is 4.79 Å². The molecule has 0 N–H and O–H groups in total. The lowest BCUT2D eigenvalue weighted by molar-refractivity contribution is 0.529. The molecule has 0 saturated carbocycles. The number of hydrogen-bond acceptors (Lipinski definition) is 1. The van der Waals surface area contributed by atoms with E-state index in [2.05, 4.69) is 33.8 Å². The van der Waals surface area contributed by atoms with Gasteiger partial charge in [-0.2, -0.15) is 0 Å². The van der Waals surface area contributed by atoms with E-state index in [-0.39, 0.29) is 11.0 Å². The summed E-state index contributed by atoms with van der Waals surface area (Å²) in [5.41, 5.74) is 2.34. The molecule has 0 fully saturated rings. The Hall–Kier alpha value is -1.05. The van der Waals surface area contributed by atoms with Gasteiger partial charge >= 0.3 is 0 Å². The van der Waals surface area contributed by atoms with Crippen molar-refractivity contribution in [1.82, 2.24) is 4.57 Å². The van der Waals surface area contributed by atoms with Crippen LogP contribution in [0.5, 0.6) is 0 Å². The normalized spacial score (nSPS) is 11.8. The molecule has 0 atom stereocenters. The third kappa shape index (κ3) is 2.06. The SMILES string of the molecule is CCc1cc(C(C)(C)C)n(C)c(=O)c1. The average molecular weight is 193 g/mol. The van der Waals surface area contributed by atoms with Gasteiger partial charge in [-0.15, -0.1) is 0 Å². The van der Waals surface area contributed by atoms with Crippen molar-refractivity contribution >= 4 is 0 Å². The standard InChI is InChI=1S/C12H19NO/c1-6-9-7-10(12(2,3)4)13(5)11(14)8-9/h7-8H,6H2,1-5H3. The van der Waals surface area contributed by atoms with E-state index < -0.39 is 0 Å². The Bertz CT molecular complexity index is 382. The zero-order valence-electron chi connectivity index (χ0n) is 9.72. The van der Waals surface area contributed by atoms with Crippen LogP contribution in [0.25, 0.3) is 0 Å². The summed E-state index contributed by atoms with van der Waals surface area (Å²) in [5.74, 6) is 0. The minimum absolute atomic E-state index is 0.0269. The highest BCUT2D eigenvalue weighted by Crippen LogP contribution is 2.21. The first kappa shape index (κ1) is 11.0. The van der Waals surface area contributed by atoms with Crippen molar-refractivity contribution in [1.29, 1.82) is 0 Å². The topological polar surface area (TPSA) is 22.0 Å². The molecule has 0 amide bonds. The van der Waals surface area contributed by atoms with Crippen molar-refractivity contribution in [3.05, 3.63) is 33.7 Å². The number of nitrogens with zero attached hydrogens (tertiary/aromatic N) is 1. The lowest BCUT2D eigenvalue weighted by Gasteiger charge is -2.22. The second kappa shape index (κ2) is 3.60. The second-order valence-electron chi connectivity index (χ2n) is 4.75. The zero-order valence-corrected chi connectivity index (χ0v) is 9.72. The van der Waals surface area contributed by atoms with Crippen LogP contribution >= 0.6 is 0 Å². The number of hydrogen-bond donors (Lipinski definition) is 0. The lowest BCUT2D eigenvalue weighted by Crippen LogP contribution is -2.27. The monoisotopic (exact) mass is 193 g/mol. The molecule has 1 heterocycles. The van der Waals surface area contributed by atoms with Crippen LogP contribution in [0, 0.1) is 0 Å². The molecule has 1 aromatic heterocycles. The van der Waals surface area contributed by atoms with Crippen LogP contribution in [-0.2, 0) is 18.9 Å². The van der Waals surface area contributed by atoms with Gasteiger partial charge in [-0.25, -0.2) is 0 Å². The molecule has 14 heavy (non-hydrogen) atoms. The molecule has 0 unspecified atom stereocenters. The Kier molecular flexibility index (Phi) is 2.84. The van der Waals surface area contributed by atoms with E-state index in [4.69, 9.17) is 0 Å². The minimum Gasteiger partial charge on any atom is -0.315 e. The van der Waals surface area contributed by atoms with Crippen LogP contribution in [0.1, 0.15) is 39.0 Å². The molecule has 0 aliphatic rings. The number of rotatable bonds is 1. The van der Waals surface area contributed by atoms with Crippen molar-refractivity contribution in [2.75, 3.05) is 0 Å². The predicted octanol–water partition coefficient (Wildman–Crippen LogP) is 2.25. The van der Waals surface area contributed by atoms with E-state index in [1.807, 2.05) is 7.05 Å². The molecule has 2 heteroatoms. The summed E-state index contributed by atoms with van der Waals surface area (Å²) in [6.07, 6.45) is 0.916. The fraction of sp³-hybridized carbons (Fsp3) is 0.583. The summed E-state index contributed by atoms with van der Waals surface area (Å²) >= 11 is 0. The molecule has 0 aliphatic carbocycles. The first-order valence-electron chi connectivity index (χ1n) is 5.06. The van der Waals surface area contributed by atoms with Gasteiger partial charge in [0.25, 0.3) is 5.56 Å². The predicted molar refractivity (Wildman–Crippen MR) is 59.8 cm³/mol. The largest absolute Gasteiger partial charge is 0.315 e. The lowest BCUT2D eigenvalue weighted by atomic mass is 9.90. The molecule has 0 spiro atoms. The van der Waals surface area contributed by atoms with Gasteiger partial charge in [0.05, 0.1) is 0 Å². The minimum atomic E-state index is 0.0269. The van der Waals surface area contributed by atoms with Crippen LogP contribution in [0.2, 0.25) is 0 Å². The van der Waals surface area contributed by atoms with Gasteiger partial charge in [0.2, 0.25) is 0 Å². The molecule has 0 bridgehead atoms. The molecule has 0 aromatic carbocycles. The van der Waals surface area contributed by atoms with Crippen molar-refractivity contribution < 1.29 is 0 Å². The van der Waals surface area contributed by atoms with Gasteiger partial charge < -0.3 is 4.57 Å². The molecular formula is C12H19NO. The highest BCUT2D eigenvalue weighted by atomic mass is 16.1. The van der Waals surface area contributed by atoms with Crippen LogP contribution in [-0.4, -0.2) is 4.57 Å². The number of aryl methyl sites for hydroxylation is 1. The third-order valence-corrected chi connectivity index (χ3v) is 2.50. The van der Waals surface area contributed by atoms with Gasteiger partial charge in [0, 0.05) is 24.2 Å². The molecule has 2 nitrogen and oxygen atoms in total. The van der Waals surface area contributed by atoms with Gasteiger partial charge in [0.15, 0.2) is 0 Å². The maximum atomic E-state index is 11.6. The molecule has 1 aromatic rings. The number of pyridine rings is 1. The summed E-state index contributed by atoms with van der Waals surface area (Å²) in [6, 6.07) is 3.84. The van der Waals surface area contributed by atoms with Crippen LogP contribution in [0.3, 0.4) is 0 Å². The smallest absolute Gasteiger partial charge is 0.250 e. The Labute approximate surface area is 85.6 Å². The fourth-order valence-corrected chi connectivity index (χ4v) is 1.61. The number of aromatic nitrogens is 1. The molecular weight excluding hydrogens is 174 g/mol. The summed E-state index contributed by atoms with van der Waals surface area (Å²) in [5, 5.41) is 0. The zero-order chi connectivity index (χ0) is 10.9. The average Bonchev–Trinajstić information content (AvgIpc) is 2.07. The second-order valence-corrected chi connectivity index (χ2v) is 4.75. The van der Waals surface area contributed by atoms with E-state index in [0.29, 0.717) is 0 Å². The quantitative estimate of drug-likeness (QED) is 0.670. The Morgan fingerprint density at radius 2 is 1.86 bits per heavy atom. The van der Waals surface area contributed by atoms with Crippen LogP contribution < -0.4 is 5.56 Å². The van der Waals surface area contributed by atoms with Crippen molar-refractivity contribution in [2.24, 2.45) is 7.05 Å². The van der Waals surface area contributed by atoms with Gasteiger partial charge in [0.1, 0.15) is 0 Å². The molecule has 0 radical (unpaired) electrons. The third-order valence-electron chi connectivity index (χ3n) is 2.50. The summed E-state index contributed by atoms with van der Waals surface area (Å²) in [6.45, 7) is 8.45. The van der Waals surface area contributed by atoms with E-state index in [0.717, 1.165) is 17.7 Å². The first-order valence-corrected chi connectivity index (χ1v) is 5.06. The molecule has 0 aliphatic heterocycles.